The van der Waals surface area contributed by atoms with E-state index in [1.165, 1.54) is 64.2 Å². The van der Waals surface area contributed by atoms with Gasteiger partial charge in [0.25, 0.3) is 0 Å². The van der Waals surface area contributed by atoms with Crippen LogP contribution in [0.4, 0.5) is 0 Å². The zero-order valence-electron chi connectivity index (χ0n) is 11.9. The van der Waals surface area contributed by atoms with Gasteiger partial charge in [0.15, 0.2) is 0 Å². The molecule has 0 aromatic heterocycles. The highest BCUT2D eigenvalue weighted by Gasteiger charge is 2.20. The third-order valence-electron chi connectivity index (χ3n) is 3.88. The number of hydrogen-bond donors (Lipinski definition) is 0. The third-order valence-corrected chi connectivity index (χ3v) is 5.68. The van der Waals surface area contributed by atoms with Crippen LogP contribution >= 0.6 is 0 Å². The highest BCUT2D eigenvalue weighted by atomic mass is 28.3. The van der Waals surface area contributed by atoms with Crippen molar-refractivity contribution in [3.05, 3.63) is 0 Å². The summed E-state index contributed by atoms with van der Waals surface area (Å²) in [5, 5.41) is 0. The highest BCUT2D eigenvalue weighted by Crippen LogP contribution is 2.28. The van der Waals surface area contributed by atoms with Gasteiger partial charge in [-0.25, -0.2) is 0 Å². The zero-order chi connectivity index (χ0) is 11.9. The normalized spacial score (nSPS) is 22.7. The van der Waals surface area contributed by atoms with Crippen LogP contribution in [0.2, 0.25) is 25.7 Å². The second-order valence-corrected chi connectivity index (χ2v) is 12.6. The molecule has 0 unspecified atom stereocenters. The van der Waals surface area contributed by atoms with Gasteiger partial charge < -0.3 is 0 Å². The molecule has 0 radical (unpaired) electrons. The molecule has 0 bridgehead atoms. The first-order valence-corrected chi connectivity index (χ1v) is 11.3. The molecule has 0 saturated heterocycles. The zero-order valence-corrected chi connectivity index (χ0v) is 12.9. The Balaban J connectivity index is 2.33. The van der Waals surface area contributed by atoms with Crippen LogP contribution in [-0.4, -0.2) is 8.07 Å². The van der Waals surface area contributed by atoms with Crippen LogP contribution in [0.1, 0.15) is 64.2 Å². The van der Waals surface area contributed by atoms with E-state index in [4.69, 9.17) is 0 Å². The van der Waals surface area contributed by atoms with Gasteiger partial charge in [0.2, 0.25) is 0 Å². The third kappa shape index (κ3) is 7.48. The Kier molecular flexibility index (Phi) is 6.72. The van der Waals surface area contributed by atoms with Crippen LogP contribution < -0.4 is 0 Å². The summed E-state index contributed by atoms with van der Waals surface area (Å²) in [5.41, 5.74) is 0. The Morgan fingerprint density at radius 3 is 1.44 bits per heavy atom. The first kappa shape index (κ1) is 14.3. The summed E-state index contributed by atoms with van der Waals surface area (Å²) in [7, 11) is -0.825. The van der Waals surface area contributed by atoms with Crippen molar-refractivity contribution in [2.45, 2.75) is 89.9 Å². The highest BCUT2D eigenvalue weighted by molar-refractivity contribution is 6.76. The summed E-state index contributed by atoms with van der Waals surface area (Å²) in [6, 6.07) is 1.58. The van der Waals surface area contributed by atoms with Gasteiger partial charge in [-0.05, 0) is 5.92 Å². The standard InChI is InChI=1S/C15H32Si/c1-16(2,3)14-15-12-10-8-6-4-5-7-9-11-13-15/h15H,4-14H2,1-3H3. The molecule has 0 nitrogen and oxygen atoms in total. The predicted octanol–water partition coefficient (Wildman–Crippen LogP) is 5.86. The van der Waals surface area contributed by atoms with E-state index in [2.05, 4.69) is 19.6 Å². The lowest BCUT2D eigenvalue weighted by molar-refractivity contribution is 0.443. The lowest BCUT2D eigenvalue weighted by Gasteiger charge is -2.24. The van der Waals surface area contributed by atoms with Crippen LogP contribution in [0.25, 0.3) is 0 Å². The molecule has 96 valence electrons. The summed E-state index contributed by atoms with van der Waals surface area (Å²) >= 11 is 0. The van der Waals surface area contributed by atoms with Crippen molar-refractivity contribution in [1.29, 1.82) is 0 Å². The van der Waals surface area contributed by atoms with E-state index < -0.39 is 8.07 Å². The van der Waals surface area contributed by atoms with E-state index in [0.717, 1.165) is 5.92 Å². The molecule has 0 spiro atoms. The summed E-state index contributed by atoms with van der Waals surface area (Å²) in [4.78, 5) is 0. The van der Waals surface area contributed by atoms with E-state index in [0.29, 0.717) is 0 Å². The maximum absolute atomic E-state index is 2.54. The molecule has 16 heavy (non-hydrogen) atoms. The summed E-state index contributed by atoms with van der Waals surface area (Å²) < 4.78 is 0. The van der Waals surface area contributed by atoms with Gasteiger partial charge in [0, 0.05) is 8.07 Å². The van der Waals surface area contributed by atoms with Crippen molar-refractivity contribution in [3.63, 3.8) is 0 Å². The van der Waals surface area contributed by atoms with Gasteiger partial charge in [-0.15, -0.1) is 0 Å². The molecular weight excluding hydrogens is 208 g/mol. The Morgan fingerprint density at radius 1 is 0.688 bits per heavy atom. The fourth-order valence-electron chi connectivity index (χ4n) is 3.14. The molecule has 0 N–H and O–H groups in total. The van der Waals surface area contributed by atoms with E-state index in [1.54, 1.807) is 6.04 Å². The van der Waals surface area contributed by atoms with E-state index >= 15 is 0 Å². The van der Waals surface area contributed by atoms with Crippen LogP contribution in [0.3, 0.4) is 0 Å². The minimum Gasteiger partial charge on any atom is -0.0695 e. The van der Waals surface area contributed by atoms with Crippen molar-refractivity contribution in [2.75, 3.05) is 0 Å². The fraction of sp³-hybridized carbons (Fsp3) is 1.00. The van der Waals surface area contributed by atoms with Crippen LogP contribution in [0.5, 0.6) is 0 Å². The second kappa shape index (κ2) is 7.52. The van der Waals surface area contributed by atoms with Crippen molar-refractivity contribution < 1.29 is 0 Å². The topological polar surface area (TPSA) is 0 Å². The average molecular weight is 241 g/mol. The van der Waals surface area contributed by atoms with Gasteiger partial charge in [-0.3, -0.25) is 0 Å². The molecule has 1 aliphatic rings. The smallest absolute Gasteiger partial charge is 0.0445 e. The summed E-state index contributed by atoms with van der Waals surface area (Å²) in [6.07, 6.45) is 15.1. The molecule has 1 fully saturated rings. The van der Waals surface area contributed by atoms with Crippen LogP contribution in [0, 0.1) is 5.92 Å². The average Bonchev–Trinajstić information content (AvgIpc) is 2.22. The molecule has 1 heteroatoms. The summed E-state index contributed by atoms with van der Waals surface area (Å²) in [5.74, 6) is 1.07. The summed E-state index contributed by atoms with van der Waals surface area (Å²) in [6.45, 7) is 7.62. The van der Waals surface area contributed by atoms with E-state index in [-0.39, 0.29) is 0 Å². The lowest BCUT2D eigenvalue weighted by Crippen LogP contribution is -2.24. The minimum absolute atomic E-state index is 0.825. The van der Waals surface area contributed by atoms with Crippen LogP contribution in [0.15, 0.2) is 0 Å². The molecule has 0 amide bonds. The lowest BCUT2D eigenvalue weighted by atomic mass is 9.97. The Hall–Kier alpha value is 0.217. The molecule has 1 saturated carbocycles. The molecule has 1 rings (SSSR count). The molecule has 0 heterocycles. The van der Waals surface area contributed by atoms with Gasteiger partial charge in [-0.1, -0.05) is 89.9 Å². The first-order chi connectivity index (χ1) is 7.58. The molecule has 1 aliphatic carbocycles. The second-order valence-electron chi connectivity index (χ2n) is 7.04. The van der Waals surface area contributed by atoms with E-state index in [1.807, 2.05) is 0 Å². The van der Waals surface area contributed by atoms with Crippen molar-refractivity contribution in [2.24, 2.45) is 5.92 Å². The van der Waals surface area contributed by atoms with Crippen molar-refractivity contribution in [3.8, 4) is 0 Å². The Labute approximate surface area is 104 Å². The van der Waals surface area contributed by atoms with Gasteiger partial charge in [-0.2, -0.15) is 0 Å². The molecule has 0 aliphatic heterocycles. The minimum atomic E-state index is -0.825. The van der Waals surface area contributed by atoms with Gasteiger partial charge in [0.1, 0.15) is 0 Å². The predicted molar refractivity (Wildman–Crippen MR) is 77.8 cm³/mol. The Bertz CT molecular complexity index is 157. The SMILES string of the molecule is C[Si](C)(C)CC1CCCCCCCCCC1. The maximum Gasteiger partial charge on any atom is 0.0445 e. The van der Waals surface area contributed by atoms with Crippen molar-refractivity contribution >= 4 is 8.07 Å². The fourth-order valence-corrected chi connectivity index (χ4v) is 5.28. The number of hydrogen-bond acceptors (Lipinski definition) is 0. The largest absolute Gasteiger partial charge is 0.0695 e. The maximum atomic E-state index is 2.54. The molecule has 0 atom stereocenters. The molecular formula is C15H32Si. The van der Waals surface area contributed by atoms with Crippen LogP contribution in [-0.2, 0) is 0 Å². The molecule has 0 aromatic rings. The Morgan fingerprint density at radius 2 is 1.06 bits per heavy atom. The first-order valence-electron chi connectivity index (χ1n) is 7.58. The van der Waals surface area contributed by atoms with Crippen molar-refractivity contribution in [1.82, 2.24) is 0 Å². The number of rotatable bonds is 2. The quantitative estimate of drug-likeness (QED) is 0.531. The molecule has 0 aromatic carbocycles. The van der Waals surface area contributed by atoms with Gasteiger partial charge >= 0.3 is 0 Å². The van der Waals surface area contributed by atoms with Gasteiger partial charge in [0.05, 0.1) is 0 Å². The monoisotopic (exact) mass is 240 g/mol. The van der Waals surface area contributed by atoms with E-state index in [9.17, 15) is 0 Å².